The SMILES string of the molecule is COC(=O)C1C(C)=NC(C)=C(C(=O)OC(CN2CCSCC2)c2ccccc2)C1c1cccc([N+](=O)[O-])c1. The average molecular weight is 538 g/mol. The summed E-state index contributed by atoms with van der Waals surface area (Å²) in [6.45, 7) is 5.72. The summed E-state index contributed by atoms with van der Waals surface area (Å²) < 4.78 is 11.2. The Morgan fingerprint density at radius 2 is 1.84 bits per heavy atom. The van der Waals surface area contributed by atoms with Gasteiger partial charge in [0.1, 0.15) is 12.0 Å². The number of esters is 2. The number of nitro groups is 1. The summed E-state index contributed by atoms with van der Waals surface area (Å²) in [4.78, 5) is 44.7. The lowest BCUT2D eigenvalue weighted by atomic mass is 9.75. The van der Waals surface area contributed by atoms with Crippen LogP contribution in [0.5, 0.6) is 0 Å². The van der Waals surface area contributed by atoms with Crippen molar-refractivity contribution < 1.29 is 24.0 Å². The third kappa shape index (κ3) is 6.14. The molecule has 0 bridgehead atoms. The molecule has 4 rings (SSSR count). The number of benzene rings is 2. The number of ether oxygens (including phenoxy) is 2. The van der Waals surface area contributed by atoms with Crippen molar-refractivity contribution in [3.8, 4) is 0 Å². The Balaban J connectivity index is 1.74. The van der Waals surface area contributed by atoms with Gasteiger partial charge in [-0.2, -0.15) is 11.8 Å². The fraction of sp³-hybridized carbons (Fsp3) is 0.393. The van der Waals surface area contributed by atoms with Crippen LogP contribution in [0.25, 0.3) is 0 Å². The molecule has 0 N–H and O–H groups in total. The van der Waals surface area contributed by atoms with Gasteiger partial charge in [-0.1, -0.05) is 42.5 Å². The molecule has 0 saturated carbocycles. The van der Waals surface area contributed by atoms with E-state index < -0.39 is 34.8 Å². The number of aliphatic imine (C=N–C) groups is 1. The van der Waals surface area contributed by atoms with Crippen LogP contribution in [0, 0.1) is 16.0 Å². The van der Waals surface area contributed by atoms with Crippen molar-refractivity contribution in [2.24, 2.45) is 10.9 Å². The third-order valence-corrected chi connectivity index (χ3v) is 7.83. The number of nitro benzene ring substituents is 1. The van der Waals surface area contributed by atoms with Crippen molar-refractivity contribution in [2.45, 2.75) is 25.9 Å². The zero-order chi connectivity index (χ0) is 27.2. The van der Waals surface area contributed by atoms with Gasteiger partial charge in [0.05, 0.1) is 17.6 Å². The maximum Gasteiger partial charge on any atom is 0.337 e. The number of methoxy groups -OCH3 is 1. The molecule has 3 atom stereocenters. The topological polar surface area (TPSA) is 111 Å². The number of hydrogen-bond acceptors (Lipinski definition) is 9. The summed E-state index contributed by atoms with van der Waals surface area (Å²) in [7, 11) is 1.27. The molecule has 2 aliphatic rings. The molecular formula is C28H31N3O6S. The van der Waals surface area contributed by atoms with E-state index in [1.165, 1.54) is 19.2 Å². The fourth-order valence-electron chi connectivity index (χ4n) is 5.02. The Morgan fingerprint density at radius 1 is 1.13 bits per heavy atom. The largest absolute Gasteiger partial charge is 0.468 e. The van der Waals surface area contributed by atoms with Crippen LogP contribution in [-0.2, 0) is 19.1 Å². The molecule has 1 fully saturated rings. The van der Waals surface area contributed by atoms with Gasteiger partial charge in [0.2, 0.25) is 0 Å². The van der Waals surface area contributed by atoms with E-state index in [1.54, 1.807) is 26.0 Å². The molecule has 0 aliphatic carbocycles. The van der Waals surface area contributed by atoms with Crippen LogP contribution in [0.4, 0.5) is 5.69 Å². The monoisotopic (exact) mass is 537 g/mol. The summed E-state index contributed by atoms with van der Waals surface area (Å²) in [6.07, 6.45) is -0.540. The van der Waals surface area contributed by atoms with E-state index in [1.807, 2.05) is 42.1 Å². The van der Waals surface area contributed by atoms with Crippen molar-refractivity contribution >= 4 is 35.1 Å². The number of allylic oxidation sites excluding steroid dienone is 1. The van der Waals surface area contributed by atoms with Gasteiger partial charge in [0, 0.05) is 60.6 Å². The van der Waals surface area contributed by atoms with Crippen LogP contribution in [0.3, 0.4) is 0 Å². The molecule has 2 aliphatic heterocycles. The minimum absolute atomic E-state index is 0.137. The Bertz CT molecular complexity index is 1260. The quantitative estimate of drug-likeness (QED) is 0.274. The number of rotatable bonds is 8. The van der Waals surface area contributed by atoms with Crippen LogP contribution in [0.2, 0.25) is 0 Å². The predicted molar refractivity (Wildman–Crippen MR) is 146 cm³/mol. The molecule has 3 unspecified atom stereocenters. The molecule has 2 aromatic rings. The van der Waals surface area contributed by atoms with Crippen molar-refractivity contribution in [1.82, 2.24) is 4.90 Å². The van der Waals surface area contributed by atoms with Crippen molar-refractivity contribution in [2.75, 3.05) is 38.2 Å². The summed E-state index contributed by atoms with van der Waals surface area (Å²) in [5.74, 6) is -0.930. The molecule has 38 heavy (non-hydrogen) atoms. The summed E-state index contributed by atoms with van der Waals surface area (Å²) in [5, 5.41) is 11.5. The number of hydrogen-bond donors (Lipinski definition) is 0. The van der Waals surface area contributed by atoms with Gasteiger partial charge in [-0.25, -0.2) is 4.79 Å². The minimum Gasteiger partial charge on any atom is -0.468 e. The molecule has 2 aromatic carbocycles. The Labute approximate surface area is 226 Å². The van der Waals surface area contributed by atoms with Crippen LogP contribution in [0.1, 0.15) is 37.0 Å². The standard InChI is InChI=1S/C28H31N3O6S/c1-18-24(27(32)36-3)26(21-10-7-11-22(16-21)31(34)35)25(19(2)29-18)28(33)37-23(20-8-5-4-6-9-20)17-30-12-14-38-15-13-30/h4-11,16,23-24,26H,12-15,17H2,1-3H3. The van der Waals surface area contributed by atoms with E-state index >= 15 is 0 Å². The molecule has 0 radical (unpaired) electrons. The highest BCUT2D eigenvalue weighted by molar-refractivity contribution is 7.99. The lowest BCUT2D eigenvalue weighted by molar-refractivity contribution is -0.384. The Kier molecular flexibility index (Phi) is 8.96. The first kappa shape index (κ1) is 27.5. The van der Waals surface area contributed by atoms with Gasteiger partial charge in [0.25, 0.3) is 5.69 Å². The highest BCUT2D eigenvalue weighted by Gasteiger charge is 2.43. The van der Waals surface area contributed by atoms with Gasteiger partial charge in [-0.15, -0.1) is 0 Å². The zero-order valence-corrected chi connectivity index (χ0v) is 22.5. The average Bonchev–Trinajstić information content (AvgIpc) is 2.93. The van der Waals surface area contributed by atoms with E-state index in [9.17, 15) is 19.7 Å². The molecule has 10 heteroatoms. The summed E-state index contributed by atoms with van der Waals surface area (Å²) >= 11 is 1.90. The number of non-ortho nitro benzene ring substituents is 1. The van der Waals surface area contributed by atoms with Gasteiger partial charge in [-0.3, -0.25) is 24.8 Å². The van der Waals surface area contributed by atoms with Crippen molar-refractivity contribution in [3.63, 3.8) is 0 Å². The number of thioether (sulfide) groups is 1. The normalized spacial score (nSPS) is 20.9. The Hall–Kier alpha value is -3.50. The molecule has 9 nitrogen and oxygen atoms in total. The van der Waals surface area contributed by atoms with Crippen LogP contribution in [-0.4, -0.2) is 65.7 Å². The molecule has 1 saturated heterocycles. The smallest absolute Gasteiger partial charge is 0.337 e. The van der Waals surface area contributed by atoms with Gasteiger partial charge < -0.3 is 9.47 Å². The molecule has 0 spiro atoms. The molecular weight excluding hydrogens is 506 g/mol. The maximum atomic E-state index is 13.9. The zero-order valence-electron chi connectivity index (χ0n) is 21.7. The molecule has 0 amide bonds. The second-order valence-corrected chi connectivity index (χ2v) is 10.5. The third-order valence-electron chi connectivity index (χ3n) is 6.89. The van der Waals surface area contributed by atoms with Crippen molar-refractivity contribution in [1.29, 1.82) is 0 Å². The van der Waals surface area contributed by atoms with E-state index in [-0.39, 0.29) is 11.3 Å². The van der Waals surface area contributed by atoms with Crippen LogP contribution < -0.4 is 0 Å². The first-order valence-electron chi connectivity index (χ1n) is 12.4. The number of carbonyl (C=O) groups excluding carboxylic acids is 2. The second-order valence-electron chi connectivity index (χ2n) is 9.30. The number of carbonyl (C=O) groups is 2. The molecule has 200 valence electrons. The Morgan fingerprint density at radius 3 is 2.50 bits per heavy atom. The fourth-order valence-corrected chi connectivity index (χ4v) is 5.99. The van der Waals surface area contributed by atoms with Gasteiger partial charge in [0.15, 0.2) is 0 Å². The second kappa shape index (κ2) is 12.4. The number of nitrogens with zero attached hydrogens (tertiary/aromatic N) is 3. The summed E-state index contributed by atoms with van der Waals surface area (Å²) in [6, 6.07) is 15.5. The molecule has 0 aromatic heterocycles. The van der Waals surface area contributed by atoms with E-state index in [4.69, 9.17) is 9.47 Å². The first-order chi connectivity index (χ1) is 18.3. The van der Waals surface area contributed by atoms with Crippen LogP contribution >= 0.6 is 11.8 Å². The van der Waals surface area contributed by atoms with Gasteiger partial charge >= 0.3 is 11.9 Å². The lowest BCUT2D eigenvalue weighted by Crippen LogP contribution is -2.39. The minimum atomic E-state index is -0.928. The van der Waals surface area contributed by atoms with E-state index in [0.717, 1.165) is 30.2 Å². The lowest BCUT2D eigenvalue weighted by Gasteiger charge is -2.33. The summed E-state index contributed by atoms with van der Waals surface area (Å²) in [5.41, 5.74) is 2.24. The van der Waals surface area contributed by atoms with Crippen LogP contribution in [0.15, 0.2) is 70.9 Å². The predicted octanol–water partition coefficient (Wildman–Crippen LogP) is 4.55. The van der Waals surface area contributed by atoms with Gasteiger partial charge in [-0.05, 0) is 25.0 Å². The first-order valence-corrected chi connectivity index (χ1v) is 13.6. The highest BCUT2D eigenvalue weighted by atomic mass is 32.2. The highest BCUT2D eigenvalue weighted by Crippen LogP contribution is 2.41. The van der Waals surface area contributed by atoms with E-state index in [0.29, 0.717) is 23.5 Å². The van der Waals surface area contributed by atoms with E-state index in [2.05, 4.69) is 9.89 Å². The van der Waals surface area contributed by atoms with Crippen molar-refractivity contribution in [3.05, 3.63) is 87.1 Å². The maximum absolute atomic E-state index is 13.9. The molecule has 2 heterocycles.